The van der Waals surface area contributed by atoms with Crippen LogP contribution in [0.15, 0.2) is 48.5 Å². The van der Waals surface area contributed by atoms with Crippen molar-refractivity contribution in [3.8, 4) is 17.2 Å². The number of nitro groups is 1. The summed E-state index contributed by atoms with van der Waals surface area (Å²) < 4.78 is 10.8. The number of para-hydroxylation sites is 2. The maximum atomic E-state index is 10.9. The number of alkyl halides is 1. The Morgan fingerprint density at radius 2 is 1.70 bits per heavy atom. The maximum Gasteiger partial charge on any atom is 0.311 e. The summed E-state index contributed by atoms with van der Waals surface area (Å²) in [7, 11) is 0. The molecule has 0 heterocycles. The summed E-state index contributed by atoms with van der Waals surface area (Å²) >= 11 is 5.52. The molecule has 0 N–H and O–H groups in total. The summed E-state index contributed by atoms with van der Waals surface area (Å²) in [6, 6.07) is 13.0. The van der Waals surface area contributed by atoms with Crippen LogP contribution in [0, 0.1) is 10.1 Å². The van der Waals surface area contributed by atoms with Crippen molar-refractivity contribution >= 4 is 17.3 Å². The highest BCUT2D eigenvalue weighted by Gasteiger charge is 2.14. The van der Waals surface area contributed by atoms with Crippen LogP contribution in [0.3, 0.4) is 0 Å². The highest BCUT2D eigenvalue weighted by molar-refractivity contribution is 6.18. The third-order valence-corrected chi connectivity index (χ3v) is 2.61. The molecule has 0 spiro atoms. The topological polar surface area (TPSA) is 61.6 Å². The number of benzene rings is 2. The summed E-state index contributed by atoms with van der Waals surface area (Å²) in [5, 5.41) is 10.9. The molecule has 20 heavy (non-hydrogen) atoms. The fourth-order valence-electron chi connectivity index (χ4n) is 1.58. The molecule has 0 aliphatic heterocycles. The molecular weight excluding hydrogens is 282 g/mol. The molecule has 0 saturated carbocycles. The molecule has 0 bridgehead atoms. The second kappa shape index (κ2) is 6.77. The molecule has 0 aromatic heterocycles. The smallest absolute Gasteiger partial charge is 0.311 e. The van der Waals surface area contributed by atoms with E-state index < -0.39 is 4.92 Å². The SMILES string of the molecule is O=[N+]([O-])c1ccccc1Oc1ccc(OCCCl)cc1. The van der Waals surface area contributed by atoms with Crippen LogP contribution in [0.4, 0.5) is 5.69 Å². The highest BCUT2D eigenvalue weighted by Crippen LogP contribution is 2.31. The molecule has 0 unspecified atom stereocenters. The predicted molar refractivity (Wildman–Crippen MR) is 75.8 cm³/mol. The number of halogens is 1. The molecule has 0 aliphatic rings. The quantitative estimate of drug-likeness (QED) is 0.459. The average Bonchev–Trinajstić information content (AvgIpc) is 2.47. The Morgan fingerprint density at radius 3 is 2.35 bits per heavy atom. The first-order chi connectivity index (χ1) is 9.70. The van der Waals surface area contributed by atoms with E-state index in [2.05, 4.69) is 0 Å². The van der Waals surface area contributed by atoms with E-state index in [9.17, 15) is 10.1 Å². The zero-order chi connectivity index (χ0) is 14.4. The lowest BCUT2D eigenvalue weighted by Crippen LogP contribution is -1.97. The van der Waals surface area contributed by atoms with Gasteiger partial charge in [-0.15, -0.1) is 11.6 Å². The van der Waals surface area contributed by atoms with Crippen molar-refractivity contribution in [1.82, 2.24) is 0 Å². The normalized spacial score (nSPS) is 10.1. The summed E-state index contributed by atoms with van der Waals surface area (Å²) in [5.74, 6) is 1.78. The van der Waals surface area contributed by atoms with Gasteiger partial charge in [-0.2, -0.15) is 0 Å². The molecular formula is C14H12ClNO4. The van der Waals surface area contributed by atoms with Crippen molar-refractivity contribution < 1.29 is 14.4 Å². The van der Waals surface area contributed by atoms with Crippen LogP contribution in [0.2, 0.25) is 0 Å². The van der Waals surface area contributed by atoms with E-state index in [1.54, 1.807) is 42.5 Å². The van der Waals surface area contributed by atoms with Gasteiger partial charge in [-0.25, -0.2) is 0 Å². The second-order valence-electron chi connectivity index (χ2n) is 3.84. The Bertz CT molecular complexity index is 586. The van der Waals surface area contributed by atoms with Crippen LogP contribution in [0.1, 0.15) is 0 Å². The first kappa shape index (κ1) is 14.1. The number of hydrogen-bond acceptors (Lipinski definition) is 4. The molecule has 0 atom stereocenters. The van der Waals surface area contributed by atoms with Gasteiger partial charge in [0.15, 0.2) is 0 Å². The highest BCUT2D eigenvalue weighted by atomic mass is 35.5. The summed E-state index contributed by atoms with van der Waals surface area (Å²) in [4.78, 5) is 10.4. The lowest BCUT2D eigenvalue weighted by atomic mass is 10.3. The number of nitro benzene ring substituents is 1. The molecule has 2 aromatic rings. The van der Waals surface area contributed by atoms with E-state index in [0.29, 0.717) is 24.0 Å². The third-order valence-electron chi connectivity index (χ3n) is 2.46. The van der Waals surface area contributed by atoms with Gasteiger partial charge in [0, 0.05) is 6.07 Å². The van der Waals surface area contributed by atoms with Crippen molar-refractivity contribution in [1.29, 1.82) is 0 Å². The van der Waals surface area contributed by atoms with Crippen LogP contribution in [-0.4, -0.2) is 17.4 Å². The standard InChI is InChI=1S/C14H12ClNO4/c15-9-10-19-11-5-7-12(8-6-11)20-14-4-2-1-3-13(14)16(17)18/h1-8H,9-10H2. The molecule has 0 radical (unpaired) electrons. The minimum absolute atomic E-state index is 0.0741. The molecule has 0 fully saturated rings. The van der Waals surface area contributed by atoms with E-state index in [4.69, 9.17) is 21.1 Å². The van der Waals surface area contributed by atoms with E-state index in [1.807, 2.05) is 0 Å². The van der Waals surface area contributed by atoms with Crippen molar-refractivity contribution in [3.63, 3.8) is 0 Å². The molecule has 6 heteroatoms. The molecule has 0 aliphatic carbocycles. The van der Waals surface area contributed by atoms with E-state index in [1.165, 1.54) is 6.07 Å². The first-order valence-electron chi connectivity index (χ1n) is 5.91. The van der Waals surface area contributed by atoms with E-state index in [-0.39, 0.29) is 11.4 Å². The minimum atomic E-state index is -0.479. The molecule has 0 saturated heterocycles. The van der Waals surface area contributed by atoms with Gasteiger partial charge in [0.2, 0.25) is 5.75 Å². The molecule has 5 nitrogen and oxygen atoms in total. The summed E-state index contributed by atoms with van der Waals surface area (Å²) in [6.07, 6.45) is 0. The largest absolute Gasteiger partial charge is 0.492 e. The van der Waals surface area contributed by atoms with Gasteiger partial charge in [0.25, 0.3) is 0 Å². The van der Waals surface area contributed by atoms with Gasteiger partial charge in [-0.3, -0.25) is 10.1 Å². The van der Waals surface area contributed by atoms with Crippen LogP contribution in [0.5, 0.6) is 17.2 Å². The fourth-order valence-corrected chi connectivity index (χ4v) is 1.66. The molecule has 0 amide bonds. The Kier molecular flexibility index (Phi) is 4.79. The minimum Gasteiger partial charge on any atom is -0.492 e. The van der Waals surface area contributed by atoms with Gasteiger partial charge >= 0.3 is 5.69 Å². The lowest BCUT2D eigenvalue weighted by molar-refractivity contribution is -0.385. The van der Waals surface area contributed by atoms with Crippen LogP contribution >= 0.6 is 11.6 Å². The van der Waals surface area contributed by atoms with Gasteiger partial charge in [-0.05, 0) is 30.3 Å². The number of hydrogen-bond donors (Lipinski definition) is 0. The molecule has 104 valence electrons. The Morgan fingerprint density at radius 1 is 1.05 bits per heavy atom. The summed E-state index contributed by atoms with van der Waals surface area (Å²) in [5.41, 5.74) is -0.0741. The molecule has 2 rings (SSSR count). The fraction of sp³-hybridized carbons (Fsp3) is 0.143. The second-order valence-corrected chi connectivity index (χ2v) is 4.21. The monoisotopic (exact) mass is 293 g/mol. The zero-order valence-corrected chi connectivity index (χ0v) is 11.2. The van der Waals surface area contributed by atoms with Gasteiger partial charge in [0.05, 0.1) is 10.8 Å². The maximum absolute atomic E-state index is 10.9. The average molecular weight is 294 g/mol. The third kappa shape index (κ3) is 3.61. The summed E-state index contributed by atoms with van der Waals surface area (Å²) in [6.45, 7) is 0.423. The zero-order valence-electron chi connectivity index (χ0n) is 10.5. The molecule has 2 aromatic carbocycles. The Hall–Kier alpha value is -2.27. The van der Waals surface area contributed by atoms with E-state index >= 15 is 0 Å². The number of ether oxygens (including phenoxy) is 2. The Balaban J connectivity index is 2.12. The first-order valence-corrected chi connectivity index (χ1v) is 6.44. The van der Waals surface area contributed by atoms with Crippen molar-refractivity contribution in [3.05, 3.63) is 58.6 Å². The van der Waals surface area contributed by atoms with Gasteiger partial charge < -0.3 is 9.47 Å². The Labute approximate surface area is 120 Å². The van der Waals surface area contributed by atoms with Crippen LogP contribution in [0.25, 0.3) is 0 Å². The number of rotatable bonds is 6. The van der Waals surface area contributed by atoms with E-state index in [0.717, 1.165) is 0 Å². The van der Waals surface area contributed by atoms with Crippen LogP contribution < -0.4 is 9.47 Å². The lowest BCUT2D eigenvalue weighted by Gasteiger charge is -2.07. The van der Waals surface area contributed by atoms with Crippen molar-refractivity contribution in [2.75, 3.05) is 12.5 Å². The van der Waals surface area contributed by atoms with Gasteiger partial charge in [-0.1, -0.05) is 12.1 Å². The van der Waals surface area contributed by atoms with Crippen molar-refractivity contribution in [2.24, 2.45) is 0 Å². The predicted octanol–water partition coefficient (Wildman–Crippen LogP) is 4.00. The van der Waals surface area contributed by atoms with Crippen LogP contribution in [-0.2, 0) is 0 Å². The number of nitrogens with zero attached hydrogens (tertiary/aromatic N) is 1. The van der Waals surface area contributed by atoms with Gasteiger partial charge in [0.1, 0.15) is 18.1 Å². The van der Waals surface area contributed by atoms with Crippen molar-refractivity contribution in [2.45, 2.75) is 0 Å².